The lowest BCUT2D eigenvalue weighted by Gasteiger charge is -2.46. The Bertz CT molecular complexity index is 7770. The maximum atomic E-state index is 11.5. The van der Waals surface area contributed by atoms with Crippen molar-refractivity contribution in [3.8, 4) is 22.5 Å². The predicted molar refractivity (Wildman–Crippen MR) is 367 cm³/mol. The third-order valence-electron chi connectivity index (χ3n) is 15.7. The largest absolute Gasteiger partial charge is 0.456 e. The molecule has 87 heavy (non-hydrogen) atoms. The number of nitrogens with zero attached hydrogens (tertiary/aromatic N) is 5. The average Bonchev–Trinajstić information content (AvgIpc) is 1.17. The van der Waals surface area contributed by atoms with Crippen molar-refractivity contribution in [1.29, 1.82) is 0 Å². The van der Waals surface area contributed by atoms with Crippen molar-refractivity contribution in [3.63, 3.8) is 0 Å². The Morgan fingerprint density at radius 2 is 0.966 bits per heavy atom. The molecule has 0 amide bonds. The summed E-state index contributed by atoms with van der Waals surface area (Å²) in [5.41, 5.74) is -23.1. The highest BCUT2D eigenvalue weighted by atomic mass is 16.3. The van der Waals surface area contributed by atoms with E-state index in [4.69, 9.17) is 15.4 Å². The van der Waals surface area contributed by atoms with E-state index in [1.807, 2.05) is 0 Å². The normalized spacial score (nSPS) is 20.1. The monoisotopic (exact) mass is 1160 g/mol. The average molecular weight is 1160 g/mol. The Morgan fingerprint density at radius 3 is 1.67 bits per heavy atom. The van der Waals surface area contributed by atoms with E-state index in [0.717, 1.165) is 14.0 Å². The number of fused-ring (bicyclic) bond motifs is 15. The summed E-state index contributed by atoms with van der Waals surface area (Å²) in [5.74, 6) is 0. The van der Waals surface area contributed by atoms with Gasteiger partial charge in [-0.15, -0.1) is 0 Å². The molecule has 3 aliphatic heterocycles. The minimum absolute atomic E-state index is 0.125. The van der Waals surface area contributed by atoms with Crippen LogP contribution in [0, 0.1) is 0 Å². The van der Waals surface area contributed by atoms with E-state index in [9.17, 15) is 46.6 Å². The van der Waals surface area contributed by atoms with Crippen LogP contribution in [0.4, 0.5) is 51.2 Å². The number of hydrogen-bond donors (Lipinski definition) is 0. The number of para-hydroxylation sites is 6. The van der Waals surface area contributed by atoms with E-state index in [2.05, 4.69) is 0 Å². The smallest absolute Gasteiger partial charge is 0.252 e. The van der Waals surface area contributed by atoms with E-state index in [0.29, 0.717) is 9.80 Å². The van der Waals surface area contributed by atoms with Crippen LogP contribution in [-0.2, 0) is 10.8 Å². The summed E-state index contributed by atoms with van der Waals surface area (Å²) in [6.45, 7) is 7.17. The van der Waals surface area contributed by atoms with Gasteiger partial charge in [0.15, 0.2) is 0 Å². The van der Waals surface area contributed by atoms with Crippen LogP contribution in [0.5, 0.6) is 0 Å². The summed E-state index contributed by atoms with van der Waals surface area (Å²) < 4.78 is 423. The first kappa shape index (κ1) is 23.8. The first-order valence-electron chi connectivity index (χ1n) is 48.1. The van der Waals surface area contributed by atoms with Gasteiger partial charge in [0.05, 0.1) is 102 Å². The molecule has 7 heteroatoms. The number of furan rings is 1. The van der Waals surface area contributed by atoms with Gasteiger partial charge in [0.2, 0.25) is 0 Å². The summed E-state index contributed by atoms with van der Waals surface area (Å²) >= 11 is 0. The second kappa shape index (κ2) is 18.0. The van der Waals surface area contributed by atoms with Crippen LogP contribution >= 0.6 is 0 Å². The molecular formula is C80H60BN5O. The minimum atomic E-state index is -2.48. The zero-order valence-electron chi connectivity index (χ0n) is 88.2. The molecule has 0 spiro atoms. The van der Waals surface area contributed by atoms with Gasteiger partial charge in [-0.05, 0) is 164 Å². The molecule has 3 aromatic heterocycles. The van der Waals surface area contributed by atoms with Crippen molar-refractivity contribution in [2.24, 2.45) is 0 Å². The fourth-order valence-electron chi connectivity index (χ4n) is 11.9. The Labute approximate surface area is 565 Å². The quantitative estimate of drug-likeness (QED) is 0.155. The van der Waals surface area contributed by atoms with Crippen molar-refractivity contribution < 1.29 is 62.0 Å². The van der Waals surface area contributed by atoms with Gasteiger partial charge < -0.3 is 28.3 Å². The Kier molecular flexibility index (Phi) is 4.92. The van der Waals surface area contributed by atoms with Gasteiger partial charge in [0.25, 0.3) is 6.71 Å². The molecule has 0 fully saturated rings. The van der Waals surface area contributed by atoms with E-state index in [1.54, 1.807) is 41.5 Å². The highest BCUT2D eigenvalue weighted by molar-refractivity contribution is 7.00. The summed E-state index contributed by atoms with van der Waals surface area (Å²) in [6, 6.07) is -45.8. The molecule has 0 bridgehead atoms. The van der Waals surface area contributed by atoms with Crippen LogP contribution in [0.25, 0.3) is 88.1 Å². The van der Waals surface area contributed by atoms with E-state index < -0.39 is 427 Å². The Morgan fingerprint density at radius 1 is 0.391 bits per heavy atom. The molecule has 6 nitrogen and oxygen atoms in total. The molecule has 414 valence electrons. The molecule has 0 N–H and O–H groups in total. The number of rotatable bonds is 6. The zero-order valence-corrected chi connectivity index (χ0v) is 46.2. The van der Waals surface area contributed by atoms with E-state index in [1.165, 1.54) is 0 Å². The van der Waals surface area contributed by atoms with Crippen molar-refractivity contribution in [2.75, 3.05) is 14.7 Å². The molecular weight excluding hydrogens is 1060 g/mol. The number of hydrogen-bond acceptors (Lipinski definition) is 4. The molecule has 0 unspecified atom stereocenters. The molecule has 15 aromatic rings. The lowest BCUT2D eigenvalue weighted by Crippen LogP contribution is -2.61. The number of anilines is 9. The third kappa shape index (κ3) is 7.17. The van der Waals surface area contributed by atoms with Crippen molar-refractivity contribution in [3.05, 3.63) is 265 Å². The van der Waals surface area contributed by atoms with Crippen LogP contribution < -0.4 is 31.1 Å². The highest BCUT2D eigenvalue weighted by Gasteiger charge is 2.47. The maximum absolute atomic E-state index is 11.5. The Balaban J connectivity index is 1.15. The van der Waals surface area contributed by atoms with Crippen LogP contribution in [0.1, 0.15) is 110 Å². The Hall–Kier alpha value is -10.5. The fraction of sp³-hybridized carbons (Fsp3) is 0.100. The summed E-state index contributed by atoms with van der Waals surface area (Å²) in [7, 11) is 0. The first-order chi connectivity index (χ1) is 60.0. The molecule has 0 atom stereocenters. The van der Waals surface area contributed by atoms with Gasteiger partial charge in [-0.2, -0.15) is 0 Å². The summed E-state index contributed by atoms with van der Waals surface area (Å²) in [4.78, 5) is 1.63. The van der Waals surface area contributed by atoms with Crippen molar-refractivity contribution in [2.45, 2.75) is 52.4 Å². The van der Waals surface area contributed by atoms with Crippen LogP contribution in [0.3, 0.4) is 0 Å². The lowest BCUT2D eigenvalue weighted by atomic mass is 9.33. The lowest BCUT2D eigenvalue weighted by molar-refractivity contribution is 0.590. The summed E-state index contributed by atoms with van der Waals surface area (Å²) in [5, 5.41) is -3.25. The molecule has 12 aromatic carbocycles. The molecule has 0 saturated carbocycles. The van der Waals surface area contributed by atoms with Crippen molar-refractivity contribution in [1.82, 2.24) is 9.13 Å². The first-order valence-corrected chi connectivity index (χ1v) is 27.1. The van der Waals surface area contributed by atoms with Gasteiger partial charge in [-0.1, -0.05) is 181 Å². The number of aromatic nitrogens is 2. The standard InChI is InChI=1S/C80H60BN5O/c1-79(2,3)50-36-42-66-61(44-50)62-45-51(80(4,5)6)37-43-67(62)84(66)55-40-41-63-70(46-55)83(54-38-34-49(35-39-54)57-26-18-33-74-75(57)60-25-14-16-32-73(60)87-74)71-47-56(82(52-20-9-7-10-21-52)53-22-11-8-12-23-53)48-72-76(71)81(63)64-28-19-31-69-78(64)86(72)68-30-17-27-59-58-24-13-15-29-65(58)85(69)77(59)68/h7-48H,1-6H3/i7D,8D,9D,10D,11D,12D,13D,14D,15D,16D,17D,18D,19D,20D,21D,22D,23D,24D,25D,26D,27D,28D,29D,30D,31D,32D,33D,34D,35D,36D,37D,38D,39D,40D,41D,42D,43D,44D,45D,46D,47D,48D. The predicted octanol–water partition coefficient (Wildman–Crippen LogP) is 19.9. The fourth-order valence-corrected chi connectivity index (χ4v) is 11.9. The summed E-state index contributed by atoms with van der Waals surface area (Å²) in [6.07, 6.45) is 0. The van der Waals surface area contributed by atoms with Gasteiger partial charge in [-0.3, -0.25) is 0 Å². The molecule has 3 aliphatic rings. The number of benzene rings is 12. The minimum Gasteiger partial charge on any atom is -0.456 e. The van der Waals surface area contributed by atoms with Gasteiger partial charge in [0, 0.05) is 72.1 Å². The second-order valence-corrected chi connectivity index (χ2v) is 22.8. The van der Waals surface area contributed by atoms with E-state index in [-0.39, 0.29) is 11.1 Å². The molecule has 6 heterocycles. The molecule has 18 rings (SSSR count). The second-order valence-electron chi connectivity index (χ2n) is 22.8. The highest BCUT2D eigenvalue weighted by Crippen LogP contribution is 2.54. The van der Waals surface area contributed by atoms with Gasteiger partial charge >= 0.3 is 0 Å². The van der Waals surface area contributed by atoms with Gasteiger partial charge in [-0.25, -0.2) is 0 Å². The topological polar surface area (TPSA) is 32.7 Å². The van der Waals surface area contributed by atoms with Crippen LogP contribution in [-0.4, -0.2) is 15.8 Å². The van der Waals surface area contributed by atoms with Gasteiger partial charge in [0.1, 0.15) is 11.2 Å². The van der Waals surface area contributed by atoms with E-state index >= 15 is 0 Å². The zero-order chi connectivity index (χ0) is 94.7. The maximum Gasteiger partial charge on any atom is 0.252 e. The third-order valence-corrected chi connectivity index (χ3v) is 15.7. The molecule has 0 saturated heterocycles. The molecule has 0 aliphatic carbocycles. The van der Waals surface area contributed by atoms with Crippen molar-refractivity contribution >= 4 is 140 Å². The SMILES string of the molecule is [2H]c1c([2H])c([2H])c(N(c2c([2H])c([2H])c([2H])c([2H])c2[2H])c2c([2H])c3c4c(c2[2H])N2c5c(c([2H])c([2H])c([2H])c5-n5c6c([2H])c([2H])c([2H])c([2H])c6c6c([2H])c([2H])c([2H])c2c65)B4c2c([2H])c([2H])c(-n4c5c([2H])c([2H])c(C(C)(C)C)c([2H])c5c5c([2H])c(C(C)(C)C)c([2H])c([2H])c54)c([2H])c2N3c2c([2H])c([2H])c(-c3c([2H])c([2H])c([2H])c4oc5c([2H])c([2H])c([2H])c([2H])c5c34)c([2H])c2[2H])c([2H])c1[2H]. The van der Waals surface area contributed by atoms with Crippen LogP contribution in [0.2, 0.25) is 0 Å². The molecule has 0 radical (unpaired) electrons. The van der Waals surface area contributed by atoms with Crippen LogP contribution in [0.15, 0.2) is 258 Å².